The Morgan fingerprint density at radius 2 is 1.67 bits per heavy atom. The van der Waals surface area contributed by atoms with Crippen molar-refractivity contribution in [2.45, 2.75) is 13.3 Å². The van der Waals surface area contributed by atoms with Crippen LogP contribution in [0.25, 0.3) is 6.08 Å². The fourth-order valence-electron chi connectivity index (χ4n) is 3.37. The van der Waals surface area contributed by atoms with E-state index >= 15 is 0 Å². The van der Waals surface area contributed by atoms with Gasteiger partial charge in [0.15, 0.2) is 5.78 Å². The molecule has 3 rings (SSSR count). The lowest BCUT2D eigenvalue weighted by Gasteiger charge is -2.10. The smallest absolute Gasteiger partial charge is 0.340 e. The first-order chi connectivity index (χ1) is 14.4. The Hall–Kier alpha value is -3.93. The molecule has 2 aromatic carbocycles. The van der Waals surface area contributed by atoms with Crippen molar-refractivity contribution in [1.82, 2.24) is 4.98 Å². The molecule has 0 atom stereocenters. The number of benzene rings is 2. The van der Waals surface area contributed by atoms with E-state index in [0.29, 0.717) is 17.7 Å². The number of nitrogens with one attached hydrogen (secondary N) is 1. The van der Waals surface area contributed by atoms with E-state index in [1.807, 2.05) is 42.5 Å². The molecule has 0 fully saturated rings. The van der Waals surface area contributed by atoms with Gasteiger partial charge in [0.2, 0.25) is 0 Å². The van der Waals surface area contributed by atoms with Crippen LogP contribution in [-0.2, 0) is 16.0 Å². The summed E-state index contributed by atoms with van der Waals surface area (Å²) in [5, 5.41) is 8.98. The van der Waals surface area contributed by atoms with Crippen LogP contribution in [0.15, 0.2) is 60.7 Å². The number of aryl methyl sites for hydroxylation is 1. The minimum atomic E-state index is -1.16. The highest BCUT2D eigenvalue weighted by Crippen LogP contribution is 2.26. The number of H-pyrrole nitrogens is 1. The molecule has 152 valence electrons. The molecule has 6 nitrogen and oxygen atoms in total. The van der Waals surface area contributed by atoms with Crippen molar-refractivity contribution < 1.29 is 24.2 Å². The number of carbonyl (C=O) groups excluding carboxylic acids is 2. The molecule has 6 heteroatoms. The number of ketones is 1. The van der Waals surface area contributed by atoms with E-state index in [9.17, 15) is 14.4 Å². The summed E-state index contributed by atoms with van der Waals surface area (Å²) in [6.07, 6.45) is 2.73. The minimum absolute atomic E-state index is 0.0948. The van der Waals surface area contributed by atoms with E-state index in [0.717, 1.165) is 17.2 Å². The highest BCUT2D eigenvalue weighted by atomic mass is 16.5. The number of aromatic amines is 1. The van der Waals surface area contributed by atoms with Crippen LogP contribution in [0.4, 0.5) is 0 Å². The van der Waals surface area contributed by atoms with Gasteiger partial charge in [0.1, 0.15) is 0 Å². The maximum Gasteiger partial charge on any atom is 0.340 e. The summed E-state index contributed by atoms with van der Waals surface area (Å²) >= 11 is 0. The van der Waals surface area contributed by atoms with Crippen molar-refractivity contribution in [2.24, 2.45) is 0 Å². The summed E-state index contributed by atoms with van der Waals surface area (Å²) in [5.74, 6) is -2.20. The van der Waals surface area contributed by atoms with Crippen LogP contribution in [0.3, 0.4) is 0 Å². The van der Waals surface area contributed by atoms with Crippen molar-refractivity contribution in [2.75, 3.05) is 7.11 Å². The summed E-state index contributed by atoms with van der Waals surface area (Å²) in [6, 6.07) is 16.9. The lowest BCUT2D eigenvalue weighted by molar-refractivity contribution is -0.131. The number of aliphatic carboxylic acids is 1. The van der Waals surface area contributed by atoms with E-state index in [1.54, 1.807) is 19.1 Å². The molecule has 30 heavy (non-hydrogen) atoms. The number of ether oxygens (including phenoxy) is 1. The van der Waals surface area contributed by atoms with E-state index in [2.05, 4.69) is 4.98 Å². The molecule has 0 aliphatic heterocycles. The Morgan fingerprint density at radius 1 is 1.00 bits per heavy atom. The number of carbonyl (C=O) groups is 3. The van der Waals surface area contributed by atoms with Gasteiger partial charge in [-0.25, -0.2) is 9.59 Å². The van der Waals surface area contributed by atoms with Gasteiger partial charge in [-0.15, -0.1) is 0 Å². The second-order valence-electron chi connectivity index (χ2n) is 6.73. The van der Waals surface area contributed by atoms with Crippen LogP contribution in [0.5, 0.6) is 0 Å². The Kier molecular flexibility index (Phi) is 6.27. The van der Waals surface area contributed by atoms with Crippen LogP contribution in [-0.4, -0.2) is 34.9 Å². The molecule has 0 aliphatic rings. The fourth-order valence-corrected chi connectivity index (χ4v) is 3.37. The summed E-state index contributed by atoms with van der Waals surface area (Å²) in [5.41, 5.74) is 3.15. The first kappa shape index (κ1) is 20.8. The first-order valence-corrected chi connectivity index (χ1v) is 9.30. The first-order valence-electron chi connectivity index (χ1n) is 9.30. The molecule has 0 saturated carbocycles. The molecular weight excluding hydrogens is 382 g/mol. The molecule has 0 spiro atoms. The average Bonchev–Trinajstić information content (AvgIpc) is 3.08. The molecule has 0 amide bonds. The van der Waals surface area contributed by atoms with Crippen LogP contribution in [0, 0.1) is 6.92 Å². The summed E-state index contributed by atoms with van der Waals surface area (Å²) in [6.45, 7) is 1.64. The maximum atomic E-state index is 13.6. The summed E-state index contributed by atoms with van der Waals surface area (Å²) < 4.78 is 4.86. The topological polar surface area (TPSA) is 96.5 Å². The number of carboxylic acid groups (broad SMARTS) is 1. The van der Waals surface area contributed by atoms with Crippen LogP contribution >= 0.6 is 0 Å². The predicted octanol–water partition coefficient (Wildman–Crippen LogP) is 4.03. The van der Waals surface area contributed by atoms with E-state index in [4.69, 9.17) is 9.84 Å². The zero-order valence-corrected chi connectivity index (χ0v) is 16.6. The molecule has 2 N–H and O–H groups in total. The molecule has 0 radical (unpaired) electrons. The monoisotopic (exact) mass is 403 g/mol. The Balaban J connectivity index is 2.13. The van der Waals surface area contributed by atoms with Gasteiger partial charge in [0, 0.05) is 17.3 Å². The Labute approximate surface area is 173 Å². The third-order valence-electron chi connectivity index (χ3n) is 4.73. The number of hydrogen-bond acceptors (Lipinski definition) is 4. The van der Waals surface area contributed by atoms with Gasteiger partial charge in [0.05, 0.1) is 23.9 Å². The number of esters is 1. The summed E-state index contributed by atoms with van der Waals surface area (Å²) in [7, 11) is 1.24. The van der Waals surface area contributed by atoms with Gasteiger partial charge >= 0.3 is 11.9 Å². The summed E-state index contributed by atoms with van der Waals surface area (Å²) in [4.78, 5) is 39.9. The highest BCUT2D eigenvalue weighted by molar-refractivity contribution is 6.17. The minimum Gasteiger partial charge on any atom is -0.478 e. The molecule has 0 saturated heterocycles. The normalized spacial score (nSPS) is 10.9. The lowest BCUT2D eigenvalue weighted by atomic mass is 9.92. The van der Waals surface area contributed by atoms with Crippen molar-refractivity contribution in [3.8, 4) is 0 Å². The standard InChI is InChI=1S/C24H21NO5/c1-15-21(24(29)30-2)22(19(25-15)12-13-20(26)27)23(28)18-11-7-6-10-17(18)14-16-8-4-3-5-9-16/h3-13,25H,14H2,1-2H3,(H,26,27). The zero-order chi connectivity index (χ0) is 21.7. The zero-order valence-electron chi connectivity index (χ0n) is 16.6. The second kappa shape index (κ2) is 9.05. The molecule has 1 heterocycles. The third-order valence-corrected chi connectivity index (χ3v) is 4.73. The second-order valence-corrected chi connectivity index (χ2v) is 6.73. The molecular formula is C24H21NO5. The number of carboxylic acids is 1. The quantitative estimate of drug-likeness (QED) is 0.353. The van der Waals surface area contributed by atoms with Crippen molar-refractivity contribution in [3.05, 3.63) is 99.9 Å². The van der Waals surface area contributed by atoms with Crippen molar-refractivity contribution >= 4 is 23.8 Å². The largest absolute Gasteiger partial charge is 0.478 e. The third kappa shape index (κ3) is 4.38. The Bertz CT molecular complexity index is 1130. The maximum absolute atomic E-state index is 13.6. The Morgan fingerprint density at radius 3 is 2.33 bits per heavy atom. The molecule has 3 aromatic rings. The van der Waals surface area contributed by atoms with Crippen LogP contribution < -0.4 is 0 Å². The van der Waals surface area contributed by atoms with Crippen molar-refractivity contribution in [1.29, 1.82) is 0 Å². The lowest BCUT2D eigenvalue weighted by Crippen LogP contribution is -2.13. The van der Waals surface area contributed by atoms with Gasteiger partial charge < -0.3 is 14.8 Å². The molecule has 1 aromatic heterocycles. The van der Waals surface area contributed by atoms with Crippen LogP contribution in [0.2, 0.25) is 0 Å². The van der Waals surface area contributed by atoms with Crippen LogP contribution in [0.1, 0.15) is 48.8 Å². The SMILES string of the molecule is COC(=O)c1c(C)[nH]c(C=CC(=O)O)c1C(=O)c1ccccc1Cc1ccccc1. The fraction of sp³-hybridized carbons (Fsp3) is 0.125. The van der Waals surface area contributed by atoms with Gasteiger partial charge in [-0.1, -0.05) is 54.6 Å². The predicted molar refractivity (Wildman–Crippen MR) is 113 cm³/mol. The van der Waals surface area contributed by atoms with E-state index in [1.165, 1.54) is 13.2 Å². The van der Waals surface area contributed by atoms with Gasteiger partial charge in [0.25, 0.3) is 0 Å². The molecule has 0 unspecified atom stereocenters. The van der Waals surface area contributed by atoms with Gasteiger partial charge in [-0.05, 0) is 30.5 Å². The van der Waals surface area contributed by atoms with Gasteiger partial charge in [-0.3, -0.25) is 4.79 Å². The number of rotatable bonds is 7. The number of methoxy groups -OCH3 is 1. The van der Waals surface area contributed by atoms with Gasteiger partial charge in [-0.2, -0.15) is 0 Å². The number of aromatic nitrogens is 1. The molecule has 0 bridgehead atoms. The molecule has 0 aliphatic carbocycles. The van der Waals surface area contributed by atoms with Crippen molar-refractivity contribution in [3.63, 3.8) is 0 Å². The van der Waals surface area contributed by atoms with E-state index < -0.39 is 11.9 Å². The van der Waals surface area contributed by atoms with E-state index in [-0.39, 0.29) is 22.6 Å². The average molecular weight is 403 g/mol. The highest BCUT2D eigenvalue weighted by Gasteiger charge is 2.27. The number of hydrogen-bond donors (Lipinski definition) is 2.